The van der Waals surface area contributed by atoms with Gasteiger partial charge < -0.3 is 19.5 Å². The number of nitrogens with one attached hydrogen (secondary N) is 1. The molecular weight excluding hydrogens is 390 g/mol. The first-order valence-electron chi connectivity index (χ1n) is 9.13. The van der Waals surface area contributed by atoms with E-state index in [0.29, 0.717) is 11.1 Å². The molecule has 1 amide bonds. The van der Waals surface area contributed by atoms with E-state index in [2.05, 4.69) is 10.1 Å². The molecule has 30 heavy (non-hydrogen) atoms. The van der Waals surface area contributed by atoms with Crippen molar-refractivity contribution in [1.82, 2.24) is 0 Å². The SMILES string of the molecule is COC(=O)c1ccc(C(=O)OC)c(NC(=O)[C@@]2(C)Cc3cc(C)ccc3C(=O)O2)c1. The molecule has 0 saturated carbocycles. The molecule has 1 heterocycles. The van der Waals surface area contributed by atoms with Crippen LogP contribution in [0.3, 0.4) is 0 Å². The number of hydrogen-bond acceptors (Lipinski definition) is 7. The van der Waals surface area contributed by atoms with Gasteiger partial charge in [0, 0.05) is 6.42 Å². The van der Waals surface area contributed by atoms with Crippen LogP contribution in [0, 0.1) is 6.92 Å². The molecule has 3 rings (SSSR count). The summed E-state index contributed by atoms with van der Waals surface area (Å²) in [5.41, 5.74) is 0.765. The minimum atomic E-state index is -1.51. The maximum atomic E-state index is 13.1. The third-order valence-electron chi connectivity index (χ3n) is 4.90. The topological polar surface area (TPSA) is 108 Å². The van der Waals surface area contributed by atoms with Gasteiger partial charge in [-0.2, -0.15) is 0 Å². The van der Waals surface area contributed by atoms with Crippen molar-refractivity contribution >= 4 is 29.5 Å². The minimum absolute atomic E-state index is 0.0421. The predicted molar refractivity (Wildman–Crippen MR) is 106 cm³/mol. The van der Waals surface area contributed by atoms with E-state index in [1.807, 2.05) is 13.0 Å². The zero-order valence-corrected chi connectivity index (χ0v) is 17.0. The van der Waals surface area contributed by atoms with E-state index in [9.17, 15) is 19.2 Å². The maximum absolute atomic E-state index is 13.1. The third-order valence-corrected chi connectivity index (χ3v) is 4.90. The van der Waals surface area contributed by atoms with E-state index in [-0.39, 0.29) is 23.2 Å². The molecule has 2 aromatic carbocycles. The van der Waals surface area contributed by atoms with Gasteiger partial charge in [-0.15, -0.1) is 0 Å². The molecule has 1 aliphatic rings. The largest absolute Gasteiger partial charge is 0.465 e. The van der Waals surface area contributed by atoms with Gasteiger partial charge in [0.15, 0.2) is 5.60 Å². The number of carbonyl (C=O) groups excluding carboxylic acids is 4. The molecule has 0 aliphatic carbocycles. The average Bonchev–Trinajstić information content (AvgIpc) is 2.72. The predicted octanol–water partition coefficient (Wildman–Crippen LogP) is 2.68. The van der Waals surface area contributed by atoms with E-state index in [0.717, 1.165) is 5.56 Å². The lowest BCUT2D eigenvalue weighted by molar-refractivity contribution is -0.134. The molecule has 0 saturated heterocycles. The summed E-state index contributed by atoms with van der Waals surface area (Å²) in [6, 6.07) is 9.33. The molecular formula is C22H21NO7. The fourth-order valence-electron chi connectivity index (χ4n) is 3.29. The minimum Gasteiger partial charge on any atom is -0.465 e. The van der Waals surface area contributed by atoms with Gasteiger partial charge in [-0.1, -0.05) is 17.7 Å². The van der Waals surface area contributed by atoms with Crippen molar-refractivity contribution < 1.29 is 33.4 Å². The number of fused-ring (bicyclic) bond motifs is 1. The second-order valence-corrected chi connectivity index (χ2v) is 7.16. The first kappa shape index (κ1) is 21.0. The van der Waals surface area contributed by atoms with Crippen LogP contribution in [0.25, 0.3) is 0 Å². The third kappa shape index (κ3) is 3.89. The Labute approximate surface area is 173 Å². The van der Waals surface area contributed by atoms with Crippen molar-refractivity contribution in [2.75, 3.05) is 19.5 Å². The zero-order chi connectivity index (χ0) is 22.1. The number of ether oxygens (including phenoxy) is 3. The number of rotatable bonds is 4. The van der Waals surface area contributed by atoms with Gasteiger partial charge in [0.1, 0.15) is 0 Å². The number of aryl methyl sites for hydroxylation is 1. The van der Waals surface area contributed by atoms with Crippen molar-refractivity contribution in [3.05, 3.63) is 64.2 Å². The second kappa shape index (κ2) is 7.98. The number of esters is 3. The summed E-state index contributed by atoms with van der Waals surface area (Å²) in [4.78, 5) is 49.5. The van der Waals surface area contributed by atoms with E-state index >= 15 is 0 Å². The first-order chi connectivity index (χ1) is 14.2. The van der Waals surface area contributed by atoms with Gasteiger partial charge in [0.05, 0.1) is 36.6 Å². The van der Waals surface area contributed by atoms with Crippen LogP contribution in [0.5, 0.6) is 0 Å². The number of amides is 1. The highest BCUT2D eigenvalue weighted by atomic mass is 16.6. The van der Waals surface area contributed by atoms with Gasteiger partial charge in [-0.05, 0) is 43.7 Å². The fraction of sp³-hybridized carbons (Fsp3) is 0.273. The van der Waals surface area contributed by atoms with E-state index in [4.69, 9.17) is 9.47 Å². The van der Waals surface area contributed by atoms with Crippen LogP contribution in [-0.2, 0) is 25.4 Å². The van der Waals surface area contributed by atoms with Crippen molar-refractivity contribution in [3.8, 4) is 0 Å². The summed E-state index contributed by atoms with van der Waals surface area (Å²) in [5.74, 6) is -2.59. The number of benzene rings is 2. The zero-order valence-electron chi connectivity index (χ0n) is 17.0. The Bertz CT molecular complexity index is 1060. The van der Waals surface area contributed by atoms with Crippen LogP contribution in [0.1, 0.15) is 49.1 Å². The Hall–Kier alpha value is -3.68. The summed E-state index contributed by atoms with van der Waals surface area (Å²) in [6.45, 7) is 3.38. The molecule has 2 aromatic rings. The van der Waals surface area contributed by atoms with Crippen LogP contribution in [0.15, 0.2) is 36.4 Å². The molecule has 0 unspecified atom stereocenters. The summed E-state index contributed by atoms with van der Waals surface area (Å²) >= 11 is 0. The van der Waals surface area contributed by atoms with Crippen molar-refractivity contribution in [3.63, 3.8) is 0 Å². The molecule has 1 atom stereocenters. The van der Waals surface area contributed by atoms with Gasteiger partial charge in [-0.3, -0.25) is 4.79 Å². The van der Waals surface area contributed by atoms with Gasteiger partial charge in [-0.25, -0.2) is 14.4 Å². The summed E-state index contributed by atoms with van der Waals surface area (Å²) in [5, 5.41) is 2.60. The van der Waals surface area contributed by atoms with E-state index < -0.39 is 29.4 Å². The van der Waals surface area contributed by atoms with Gasteiger partial charge >= 0.3 is 17.9 Å². The average molecular weight is 411 g/mol. The maximum Gasteiger partial charge on any atom is 0.339 e. The number of cyclic esters (lactones) is 1. The van der Waals surface area contributed by atoms with Crippen LogP contribution in [0.4, 0.5) is 5.69 Å². The fourth-order valence-corrected chi connectivity index (χ4v) is 3.29. The molecule has 0 spiro atoms. The van der Waals surface area contributed by atoms with E-state index in [1.165, 1.54) is 39.3 Å². The Morgan fingerprint density at radius 3 is 2.40 bits per heavy atom. The molecule has 156 valence electrons. The Morgan fingerprint density at radius 2 is 1.73 bits per heavy atom. The molecule has 0 fully saturated rings. The van der Waals surface area contributed by atoms with Gasteiger partial charge in [0.25, 0.3) is 5.91 Å². The standard InChI is InChI=1S/C22H21NO7/c1-12-5-7-15-14(9-12)11-22(2,30-20(15)26)21(27)23-17-10-13(18(24)28-3)6-8-16(17)19(25)29-4/h5-10H,11H2,1-4H3,(H,23,27)/t22-/m1/s1. The Balaban J connectivity index is 1.95. The van der Waals surface area contributed by atoms with Crippen LogP contribution in [0.2, 0.25) is 0 Å². The normalized spacial score (nSPS) is 17.4. The van der Waals surface area contributed by atoms with Crippen molar-refractivity contribution in [2.45, 2.75) is 25.9 Å². The van der Waals surface area contributed by atoms with Crippen LogP contribution >= 0.6 is 0 Å². The molecule has 1 N–H and O–H groups in total. The second-order valence-electron chi connectivity index (χ2n) is 7.16. The lowest BCUT2D eigenvalue weighted by Gasteiger charge is -2.33. The van der Waals surface area contributed by atoms with Crippen LogP contribution in [-0.4, -0.2) is 43.6 Å². The molecule has 0 aromatic heterocycles. The van der Waals surface area contributed by atoms with Crippen LogP contribution < -0.4 is 5.32 Å². The molecule has 0 bridgehead atoms. The summed E-state index contributed by atoms with van der Waals surface area (Å²) in [7, 11) is 2.42. The highest BCUT2D eigenvalue weighted by molar-refractivity contribution is 6.07. The number of carbonyl (C=O) groups is 4. The first-order valence-corrected chi connectivity index (χ1v) is 9.13. The molecule has 1 aliphatic heterocycles. The Kier molecular flexibility index (Phi) is 5.60. The highest BCUT2D eigenvalue weighted by Crippen LogP contribution is 2.31. The molecule has 8 heteroatoms. The molecule has 0 radical (unpaired) electrons. The highest BCUT2D eigenvalue weighted by Gasteiger charge is 2.43. The quantitative estimate of drug-likeness (QED) is 0.609. The Morgan fingerprint density at radius 1 is 1.03 bits per heavy atom. The number of methoxy groups -OCH3 is 2. The monoisotopic (exact) mass is 411 g/mol. The number of anilines is 1. The summed E-state index contributed by atoms with van der Waals surface area (Å²) < 4.78 is 14.9. The summed E-state index contributed by atoms with van der Waals surface area (Å²) in [6.07, 6.45) is 0.159. The number of hydrogen-bond donors (Lipinski definition) is 1. The lowest BCUT2D eigenvalue weighted by atomic mass is 9.88. The van der Waals surface area contributed by atoms with Gasteiger partial charge in [0.2, 0.25) is 0 Å². The van der Waals surface area contributed by atoms with Crippen molar-refractivity contribution in [1.29, 1.82) is 0 Å². The lowest BCUT2D eigenvalue weighted by Crippen LogP contribution is -2.49. The van der Waals surface area contributed by atoms with Crippen molar-refractivity contribution in [2.24, 2.45) is 0 Å². The smallest absolute Gasteiger partial charge is 0.339 e. The molecule has 8 nitrogen and oxygen atoms in total. The van der Waals surface area contributed by atoms with E-state index in [1.54, 1.807) is 12.1 Å².